The summed E-state index contributed by atoms with van der Waals surface area (Å²) in [5, 5.41) is 0. The van der Waals surface area contributed by atoms with Gasteiger partial charge in [-0.1, -0.05) is 13.8 Å². The first kappa shape index (κ1) is 10.8. The minimum absolute atomic E-state index is 0.0865. The predicted molar refractivity (Wildman–Crippen MR) is 37.8 cm³/mol. The van der Waals surface area contributed by atoms with Gasteiger partial charge < -0.3 is 0 Å². The van der Waals surface area contributed by atoms with Crippen molar-refractivity contribution < 1.29 is 17.2 Å². The lowest BCUT2D eigenvalue weighted by Gasteiger charge is -2.16. The summed E-state index contributed by atoms with van der Waals surface area (Å²) in [6.45, 7) is 3.21. The van der Waals surface area contributed by atoms with Gasteiger partial charge in [-0.2, -0.15) is 13.1 Å². The van der Waals surface area contributed by atoms with Crippen molar-refractivity contribution in [1.29, 1.82) is 0 Å². The summed E-state index contributed by atoms with van der Waals surface area (Å²) >= 11 is 0. The van der Waals surface area contributed by atoms with E-state index in [1.807, 2.05) is 0 Å². The molecule has 0 rings (SSSR count). The quantitative estimate of drug-likeness (QED) is 0.655. The summed E-state index contributed by atoms with van der Waals surface area (Å²) in [5.41, 5.74) is 0. The number of sulfonamides is 1. The smallest absolute Gasteiger partial charge is 0.206 e. The molecule has 0 unspecified atom stereocenters. The summed E-state index contributed by atoms with van der Waals surface area (Å²) in [7, 11) is -4.34. The third-order valence-corrected chi connectivity index (χ3v) is 2.98. The van der Waals surface area contributed by atoms with E-state index >= 15 is 0 Å². The van der Waals surface area contributed by atoms with Gasteiger partial charge in [-0.3, -0.25) is 0 Å². The molecule has 0 radical (unpaired) electrons. The van der Waals surface area contributed by atoms with E-state index in [2.05, 4.69) is 0 Å². The molecule has 6 heteroatoms. The summed E-state index contributed by atoms with van der Waals surface area (Å²) in [6, 6.07) is 0. The van der Waals surface area contributed by atoms with Crippen LogP contribution in [0.2, 0.25) is 0 Å². The van der Waals surface area contributed by atoms with Gasteiger partial charge in [-0.05, 0) is 0 Å². The average Bonchev–Trinajstić information content (AvgIpc) is 1.89. The minimum atomic E-state index is -4.34. The van der Waals surface area contributed by atoms with E-state index in [1.54, 1.807) is 0 Å². The molecule has 0 bridgehead atoms. The van der Waals surface area contributed by atoms with Crippen LogP contribution in [0.15, 0.2) is 0 Å². The van der Waals surface area contributed by atoms with Gasteiger partial charge in [-0.15, -0.1) is 0 Å². The molecule has 0 fully saturated rings. The summed E-state index contributed by atoms with van der Waals surface area (Å²) in [6.07, 6.45) is 0. The Morgan fingerprint density at radius 1 is 1.27 bits per heavy atom. The van der Waals surface area contributed by atoms with Crippen LogP contribution in [0, 0.1) is 0 Å². The molecule has 0 aliphatic rings. The Labute approximate surface area is 65.1 Å². The van der Waals surface area contributed by atoms with Crippen molar-refractivity contribution in [1.82, 2.24) is 4.31 Å². The normalized spacial score (nSPS) is 12.9. The van der Waals surface area contributed by atoms with Crippen molar-refractivity contribution in [3.63, 3.8) is 0 Å². The Hall–Kier alpha value is -0.230. The summed E-state index contributed by atoms with van der Waals surface area (Å²) in [5.74, 6) is -3.30. The average molecular weight is 187 g/mol. The highest BCUT2D eigenvalue weighted by atomic mass is 32.2. The first-order valence-corrected chi connectivity index (χ1v) is 4.74. The topological polar surface area (TPSA) is 37.4 Å². The molecule has 0 N–H and O–H groups in total. The Morgan fingerprint density at radius 2 is 1.64 bits per heavy atom. The maximum Gasteiger partial charge on any atom is 0.350 e. The Morgan fingerprint density at radius 3 is 1.73 bits per heavy atom. The molecule has 0 saturated heterocycles. The summed E-state index contributed by atoms with van der Waals surface area (Å²) < 4.78 is 45.7. The van der Waals surface area contributed by atoms with Crippen LogP contribution in [0.5, 0.6) is 0 Å². The molecule has 0 aliphatic heterocycles. The monoisotopic (exact) mass is 187 g/mol. The van der Waals surface area contributed by atoms with Gasteiger partial charge in [0.25, 0.3) is 10.0 Å². The third kappa shape index (κ3) is 2.37. The third-order valence-electron chi connectivity index (χ3n) is 1.29. The Balaban J connectivity index is 4.53. The van der Waals surface area contributed by atoms with Crippen molar-refractivity contribution in [3.8, 4) is 0 Å². The maximum atomic E-state index is 11.8. The van der Waals surface area contributed by atoms with Gasteiger partial charge in [0, 0.05) is 13.1 Å². The lowest BCUT2D eigenvalue weighted by atomic mass is 10.7. The zero-order valence-electron chi connectivity index (χ0n) is 6.42. The fourth-order valence-electron chi connectivity index (χ4n) is 0.696. The van der Waals surface area contributed by atoms with Crippen molar-refractivity contribution in [3.05, 3.63) is 0 Å². The zero-order valence-corrected chi connectivity index (χ0v) is 7.24. The standard InChI is InChI=1S/C5H11F2NO2S/c1-3-8(4-2)11(9,10)5(6)7/h5H,3-4H2,1-2H3. The van der Waals surface area contributed by atoms with Crippen molar-refractivity contribution in [2.45, 2.75) is 19.6 Å². The number of hydrogen-bond donors (Lipinski definition) is 0. The van der Waals surface area contributed by atoms with Crippen LogP contribution in [0.4, 0.5) is 8.78 Å². The number of alkyl halides is 2. The molecule has 0 amide bonds. The van der Waals surface area contributed by atoms with Crippen LogP contribution in [-0.4, -0.2) is 31.6 Å². The van der Waals surface area contributed by atoms with E-state index in [9.17, 15) is 17.2 Å². The summed E-state index contributed by atoms with van der Waals surface area (Å²) in [4.78, 5) is 0. The molecule has 68 valence electrons. The van der Waals surface area contributed by atoms with Crippen molar-refractivity contribution >= 4 is 10.0 Å². The fraction of sp³-hybridized carbons (Fsp3) is 1.00. The van der Waals surface area contributed by atoms with Crippen molar-refractivity contribution in [2.75, 3.05) is 13.1 Å². The maximum absolute atomic E-state index is 11.8. The highest BCUT2D eigenvalue weighted by Crippen LogP contribution is 2.10. The molecule has 0 aromatic carbocycles. The van der Waals surface area contributed by atoms with Crippen molar-refractivity contribution in [2.24, 2.45) is 0 Å². The second-order valence-corrected chi connectivity index (χ2v) is 3.79. The number of rotatable bonds is 4. The first-order chi connectivity index (χ1) is 4.96. The molecule has 0 aliphatic carbocycles. The van der Waals surface area contributed by atoms with E-state index in [4.69, 9.17) is 0 Å². The molecule has 0 atom stereocenters. The number of nitrogens with zero attached hydrogens (tertiary/aromatic N) is 1. The van der Waals surface area contributed by atoms with Crippen LogP contribution < -0.4 is 0 Å². The largest absolute Gasteiger partial charge is 0.350 e. The van der Waals surface area contributed by atoms with E-state index in [-0.39, 0.29) is 13.1 Å². The SMILES string of the molecule is CCN(CC)S(=O)(=O)C(F)F. The van der Waals surface area contributed by atoms with Gasteiger partial charge in [0.05, 0.1) is 0 Å². The number of hydrogen-bond acceptors (Lipinski definition) is 2. The van der Waals surface area contributed by atoms with Gasteiger partial charge in [0.2, 0.25) is 0 Å². The van der Waals surface area contributed by atoms with E-state index < -0.39 is 15.8 Å². The molecule has 0 spiro atoms. The number of halogens is 2. The van der Waals surface area contributed by atoms with Gasteiger partial charge in [-0.25, -0.2) is 8.42 Å². The van der Waals surface area contributed by atoms with E-state index in [0.29, 0.717) is 0 Å². The highest BCUT2D eigenvalue weighted by molar-refractivity contribution is 7.89. The van der Waals surface area contributed by atoms with Crippen LogP contribution in [0.25, 0.3) is 0 Å². The fourth-order valence-corrected chi connectivity index (χ4v) is 1.64. The van der Waals surface area contributed by atoms with Gasteiger partial charge in [0.15, 0.2) is 0 Å². The van der Waals surface area contributed by atoms with Gasteiger partial charge >= 0.3 is 5.76 Å². The molecule has 3 nitrogen and oxygen atoms in total. The minimum Gasteiger partial charge on any atom is -0.206 e. The molecule has 0 aromatic heterocycles. The molecule has 0 saturated carbocycles. The van der Waals surface area contributed by atoms with Crippen LogP contribution >= 0.6 is 0 Å². The second kappa shape index (κ2) is 3.96. The Bertz CT molecular complexity index is 199. The Kier molecular flexibility index (Phi) is 3.88. The van der Waals surface area contributed by atoms with E-state index in [0.717, 1.165) is 4.31 Å². The van der Waals surface area contributed by atoms with Gasteiger partial charge in [0.1, 0.15) is 0 Å². The second-order valence-electron chi connectivity index (χ2n) is 1.89. The molecular formula is C5H11F2NO2S. The zero-order chi connectivity index (χ0) is 9.07. The molecule has 0 heterocycles. The van der Waals surface area contributed by atoms with Crippen LogP contribution in [-0.2, 0) is 10.0 Å². The lowest BCUT2D eigenvalue weighted by molar-refractivity contribution is 0.220. The van der Waals surface area contributed by atoms with Crippen LogP contribution in [0.1, 0.15) is 13.8 Å². The van der Waals surface area contributed by atoms with Crippen LogP contribution in [0.3, 0.4) is 0 Å². The van der Waals surface area contributed by atoms with E-state index in [1.165, 1.54) is 13.8 Å². The molecular weight excluding hydrogens is 176 g/mol. The molecule has 11 heavy (non-hydrogen) atoms. The predicted octanol–water partition coefficient (Wildman–Crippen LogP) is 0.881. The first-order valence-electron chi connectivity index (χ1n) is 3.23. The highest BCUT2D eigenvalue weighted by Gasteiger charge is 2.29. The lowest BCUT2D eigenvalue weighted by Crippen LogP contribution is -2.34. The molecule has 0 aromatic rings.